The Labute approximate surface area is 217 Å². The van der Waals surface area contributed by atoms with Crippen LogP contribution in [0.25, 0.3) is 6.08 Å². The fourth-order valence-electron chi connectivity index (χ4n) is 4.24. The quantitative estimate of drug-likeness (QED) is 0.179. The summed E-state index contributed by atoms with van der Waals surface area (Å²) in [5.41, 5.74) is 4.07. The molecule has 3 aromatic carbocycles. The number of carbonyl (C=O) groups excluding carboxylic acids is 2. The molecule has 0 fully saturated rings. The van der Waals surface area contributed by atoms with Gasteiger partial charge in [0.05, 0.1) is 12.2 Å². The van der Waals surface area contributed by atoms with Crippen molar-refractivity contribution in [2.45, 2.75) is 39.5 Å². The summed E-state index contributed by atoms with van der Waals surface area (Å²) in [6.07, 6.45) is 2.29. The van der Waals surface area contributed by atoms with Crippen LogP contribution in [0.15, 0.2) is 72.3 Å². The molecule has 0 spiro atoms. The van der Waals surface area contributed by atoms with Crippen molar-refractivity contribution in [3.8, 4) is 17.6 Å². The van der Waals surface area contributed by atoms with Gasteiger partial charge in [-0.2, -0.15) is 5.26 Å². The second-order valence-electron chi connectivity index (χ2n) is 9.86. The van der Waals surface area contributed by atoms with Crippen LogP contribution in [-0.4, -0.2) is 25.0 Å². The molecule has 4 rings (SSSR count). The number of hydrogen-bond acceptors (Lipinski definition) is 5. The maximum absolute atomic E-state index is 13.1. The molecular formula is C31H30N2O4. The summed E-state index contributed by atoms with van der Waals surface area (Å²) in [5.74, 6) is -0.223. The normalized spacial score (nSPS) is 13.1. The lowest BCUT2D eigenvalue weighted by Gasteiger charge is -2.19. The monoisotopic (exact) mass is 494 g/mol. The zero-order valence-corrected chi connectivity index (χ0v) is 21.6. The highest BCUT2D eigenvalue weighted by atomic mass is 16.6. The predicted molar refractivity (Wildman–Crippen MR) is 144 cm³/mol. The molecule has 37 heavy (non-hydrogen) atoms. The first kappa shape index (κ1) is 25.7. The van der Waals surface area contributed by atoms with Crippen molar-refractivity contribution in [3.05, 3.63) is 94.6 Å². The van der Waals surface area contributed by atoms with E-state index in [0.29, 0.717) is 30.0 Å². The molecule has 0 saturated heterocycles. The van der Waals surface area contributed by atoms with Crippen molar-refractivity contribution in [2.24, 2.45) is 0 Å². The van der Waals surface area contributed by atoms with E-state index in [4.69, 9.17) is 9.47 Å². The van der Waals surface area contributed by atoms with Crippen LogP contribution < -0.4 is 14.4 Å². The van der Waals surface area contributed by atoms with Crippen molar-refractivity contribution in [1.82, 2.24) is 0 Å². The lowest BCUT2D eigenvalue weighted by atomic mass is 9.87. The Morgan fingerprint density at radius 2 is 1.76 bits per heavy atom. The molecule has 1 aliphatic heterocycles. The Balaban J connectivity index is 1.56. The first-order chi connectivity index (χ1) is 17.7. The minimum Gasteiger partial charge on any atom is -0.490 e. The first-order valence-electron chi connectivity index (χ1n) is 12.3. The average Bonchev–Trinajstić information content (AvgIpc) is 3.32. The summed E-state index contributed by atoms with van der Waals surface area (Å²) in [4.78, 5) is 27.6. The van der Waals surface area contributed by atoms with Crippen LogP contribution in [0.5, 0.6) is 11.5 Å². The maximum atomic E-state index is 13.1. The second kappa shape index (κ2) is 10.7. The van der Waals surface area contributed by atoms with E-state index >= 15 is 0 Å². The SMILES string of the molecule is CCOc1cc(C=C(C#N)C(=O)N2CCc3ccccc32)ccc1OC(=O)c1ccc(C(C)(C)C)cc1. The van der Waals surface area contributed by atoms with Gasteiger partial charge >= 0.3 is 5.97 Å². The Morgan fingerprint density at radius 3 is 2.43 bits per heavy atom. The van der Waals surface area contributed by atoms with Gasteiger partial charge in [-0.15, -0.1) is 0 Å². The van der Waals surface area contributed by atoms with Crippen LogP contribution in [0.1, 0.15) is 54.7 Å². The summed E-state index contributed by atoms with van der Waals surface area (Å²) in [6, 6.07) is 22.1. The van der Waals surface area contributed by atoms with Crippen LogP contribution in [-0.2, 0) is 16.6 Å². The molecule has 0 aromatic heterocycles. The summed E-state index contributed by atoms with van der Waals surface area (Å²) >= 11 is 0. The number of nitrogens with zero attached hydrogens (tertiary/aromatic N) is 2. The molecule has 0 aliphatic carbocycles. The molecule has 188 valence electrons. The smallest absolute Gasteiger partial charge is 0.343 e. The zero-order chi connectivity index (χ0) is 26.6. The van der Waals surface area contributed by atoms with Gasteiger partial charge in [-0.1, -0.05) is 57.2 Å². The lowest BCUT2D eigenvalue weighted by Crippen LogP contribution is -2.29. The van der Waals surface area contributed by atoms with Crippen LogP contribution >= 0.6 is 0 Å². The summed E-state index contributed by atoms with van der Waals surface area (Å²) in [7, 11) is 0. The molecule has 3 aromatic rings. The molecule has 1 aliphatic rings. The first-order valence-corrected chi connectivity index (χ1v) is 12.3. The van der Waals surface area contributed by atoms with Gasteiger partial charge in [-0.3, -0.25) is 4.79 Å². The Morgan fingerprint density at radius 1 is 1.03 bits per heavy atom. The fraction of sp³-hybridized carbons (Fsp3) is 0.258. The minimum atomic E-state index is -0.495. The fourth-order valence-corrected chi connectivity index (χ4v) is 4.24. The van der Waals surface area contributed by atoms with Crippen LogP contribution in [0.4, 0.5) is 5.69 Å². The van der Waals surface area contributed by atoms with Gasteiger partial charge in [0.25, 0.3) is 5.91 Å². The highest BCUT2D eigenvalue weighted by Gasteiger charge is 2.26. The number of ether oxygens (including phenoxy) is 2. The van der Waals surface area contributed by atoms with Crippen molar-refractivity contribution >= 4 is 23.6 Å². The van der Waals surface area contributed by atoms with E-state index in [-0.39, 0.29) is 22.6 Å². The predicted octanol–water partition coefficient (Wildman–Crippen LogP) is 6.10. The van der Waals surface area contributed by atoms with Gasteiger partial charge in [-0.05, 0) is 71.9 Å². The van der Waals surface area contributed by atoms with Gasteiger partial charge < -0.3 is 14.4 Å². The zero-order valence-electron chi connectivity index (χ0n) is 21.6. The van der Waals surface area contributed by atoms with Gasteiger partial charge in [0, 0.05) is 12.2 Å². The number of hydrogen-bond donors (Lipinski definition) is 0. The standard InChI is InChI=1S/C31H30N2O4/c1-5-36-28-19-21(18-24(20-32)29(34)33-17-16-22-8-6-7-9-26(22)33)10-15-27(28)37-30(35)23-11-13-25(14-12-23)31(2,3)4/h6-15,18-19H,5,16-17H2,1-4H3. The van der Waals surface area contributed by atoms with E-state index in [1.807, 2.05) is 49.4 Å². The van der Waals surface area contributed by atoms with Gasteiger partial charge in [0.1, 0.15) is 11.6 Å². The number of benzene rings is 3. The molecule has 0 bridgehead atoms. The van der Waals surface area contributed by atoms with Crippen molar-refractivity contribution < 1.29 is 19.1 Å². The number of amides is 1. The summed E-state index contributed by atoms with van der Waals surface area (Å²) in [6.45, 7) is 9.05. The van der Waals surface area contributed by atoms with Crippen molar-refractivity contribution in [2.75, 3.05) is 18.1 Å². The van der Waals surface area contributed by atoms with Crippen LogP contribution in [0, 0.1) is 11.3 Å². The van der Waals surface area contributed by atoms with E-state index in [1.54, 1.807) is 35.2 Å². The molecule has 0 saturated carbocycles. The number of rotatable bonds is 6. The maximum Gasteiger partial charge on any atom is 0.343 e. The molecule has 0 atom stereocenters. The number of carbonyl (C=O) groups is 2. The van der Waals surface area contributed by atoms with Gasteiger partial charge in [-0.25, -0.2) is 4.79 Å². The molecule has 6 heteroatoms. The largest absolute Gasteiger partial charge is 0.490 e. The number of nitriles is 1. The van der Waals surface area contributed by atoms with E-state index < -0.39 is 5.97 Å². The van der Waals surface area contributed by atoms with E-state index in [1.165, 1.54) is 6.08 Å². The topological polar surface area (TPSA) is 79.6 Å². The molecule has 1 amide bonds. The molecule has 0 N–H and O–H groups in total. The highest BCUT2D eigenvalue weighted by molar-refractivity contribution is 6.12. The third-order valence-corrected chi connectivity index (χ3v) is 6.25. The minimum absolute atomic E-state index is 0.0165. The number of para-hydroxylation sites is 1. The van der Waals surface area contributed by atoms with Crippen LogP contribution in [0.2, 0.25) is 0 Å². The van der Waals surface area contributed by atoms with Crippen LogP contribution in [0.3, 0.4) is 0 Å². The van der Waals surface area contributed by atoms with Gasteiger partial charge in [0.15, 0.2) is 11.5 Å². The molecule has 0 radical (unpaired) electrons. The number of esters is 1. The Hall–Kier alpha value is -4.37. The van der Waals surface area contributed by atoms with Crippen molar-refractivity contribution in [3.63, 3.8) is 0 Å². The molecule has 0 unspecified atom stereocenters. The third-order valence-electron chi connectivity index (χ3n) is 6.25. The second-order valence-corrected chi connectivity index (χ2v) is 9.86. The Kier molecular flexibility index (Phi) is 7.45. The van der Waals surface area contributed by atoms with Crippen molar-refractivity contribution in [1.29, 1.82) is 5.26 Å². The lowest BCUT2D eigenvalue weighted by molar-refractivity contribution is -0.114. The van der Waals surface area contributed by atoms with E-state index in [9.17, 15) is 14.9 Å². The number of fused-ring (bicyclic) bond motifs is 1. The van der Waals surface area contributed by atoms with E-state index in [0.717, 1.165) is 23.2 Å². The average molecular weight is 495 g/mol. The van der Waals surface area contributed by atoms with Gasteiger partial charge in [0.2, 0.25) is 0 Å². The highest BCUT2D eigenvalue weighted by Crippen LogP contribution is 2.32. The Bertz CT molecular complexity index is 1390. The molecular weight excluding hydrogens is 464 g/mol. The number of anilines is 1. The third kappa shape index (κ3) is 5.73. The summed E-state index contributed by atoms with van der Waals surface area (Å²) in [5, 5.41) is 9.74. The molecule has 1 heterocycles. The van der Waals surface area contributed by atoms with E-state index in [2.05, 4.69) is 20.8 Å². The molecule has 6 nitrogen and oxygen atoms in total. The summed E-state index contributed by atoms with van der Waals surface area (Å²) < 4.78 is 11.4.